The molecule has 0 bridgehead atoms. The summed E-state index contributed by atoms with van der Waals surface area (Å²) >= 11 is 0. The average molecular weight is 326 g/mol. The number of amides is 1. The predicted octanol–water partition coefficient (Wildman–Crippen LogP) is 4.45. The number of benzene rings is 2. The zero-order valence-corrected chi connectivity index (χ0v) is 15.1. The van der Waals surface area contributed by atoms with Crippen LogP contribution in [0.25, 0.3) is 0 Å². The molecular weight excluding hydrogens is 300 g/mol. The van der Waals surface area contributed by atoms with E-state index in [0.29, 0.717) is 6.61 Å². The van der Waals surface area contributed by atoms with Crippen molar-refractivity contribution < 1.29 is 9.53 Å². The molecule has 2 aromatic rings. The number of anilines is 2. The molecule has 0 saturated heterocycles. The van der Waals surface area contributed by atoms with Crippen LogP contribution in [0, 0.1) is 20.8 Å². The molecule has 0 aliphatic carbocycles. The maximum atomic E-state index is 12.5. The van der Waals surface area contributed by atoms with Crippen molar-refractivity contribution >= 4 is 17.3 Å². The molecule has 4 heteroatoms. The van der Waals surface area contributed by atoms with Crippen LogP contribution in [0.4, 0.5) is 11.4 Å². The zero-order chi connectivity index (χ0) is 17.7. The molecule has 0 unspecified atom stereocenters. The van der Waals surface area contributed by atoms with Crippen molar-refractivity contribution in [3.63, 3.8) is 0 Å². The summed E-state index contributed by atoms with van der Waals surface area (Å²) in [5.74, 6) is 0.769. The second-order valence-corrected chi connectivity index (χ2v) is 6.09. The van der Waals surface area contributed by atoms with Gasteiger partial charge in [-0.05, 0) is 70.0 Å². The first-order valence-corrected chi connectivity index (χ1v) is 8.28. The molecule has 0 fully saturated rings. The molecule has 2 rings (SSSR count). The number of carbonyl (C=O) groups excluding carboxylic acids is 1. The first-order chi connectivity index (χ1) is 11.4. The summed E-state index contributed by atoms with van der Waals surface area (Å²) in [6.45, 7) is 10.5. The highest BCUT2D eigenvalue weighted by Gasteiger charge is 2.15. The molecule has 2 N–H and O–H groups in total. The predicted molar refractivity (Wildman–Crippen MR) is 100.0 cm³/mol. The minimum Gasteiger partial charge on any atom is -0.494 e. The normalized spacial score (nSPS) is 11.7. The molecule has 128 valence electrons. The summed E-state index contributed by atoms with van der Waals surface area (Å²) < 4.78 is 5.42. The Bertz CT molecular complexity index is 685. The Hall–Kier alpha value is -2.49. The molecular formula is C20H26N2O2. The van der Waals surface area contributed by atoms with Crippen molar-refractivity contribution in [2.45, 2.75) is 40.7 Å². The molecule has 0 saturated carbocycles. The van der Waals surface area contributed by atoms with Gasteiger partial charge in [0.15, 0.2) is 0 Å². The molecule has 1 amide bonds. The van der Waals surface area contributed by atoms with Gasteiger partial charge in [0.05, 0.1) is 6.61 Å². The molecule has 4 nitrogen and oxygen atoms in total. The fourth-order valence-corrected chi connectivity index (χ4v) is 2.74. The van der Waals surface area contributed by atoms with Crippen molar-refractivity contribution in [2.24, 2.45) is 0 Å². The Morgan fingerprint density at radius 1 is 1.08 bits per heavy atom. The third kappa shape index (κ3) is 4.51. The van der Waals surface area contributed by atoms with Gasteiger partial charge in [-0.3, -0.25) is 4.79 Å². The number of hydrogen-bond acceptors (Lipinski definition) is 3. The van der Waals surface area contributed by atoms with Crippen LogP contribution >= 0.6 is 0 Å². The van der Waals surface area contributed by atoms with Crippen LogP contribution in [-0.2, 0) is 4.79 Å². The third-order valence-electron chi connectivity index (χ3n) is 3.87. The summed E-state index contributed by atoms with van der Waals surface area (Å²) in [5, 5.41) is 6.25. The first kappa shape index (κ1) is 17.9. The Labute approximate surface area is 144 Å². The van der Waals surface area contributed by atoms with E-state index >= 15 is 0 Å². The second kappa shape index (κ2) is 7.86. The van der Waals surface area contributed by atoms with Crippen LogP contribution < -0.4 is 15.4 Å². The largest absolute Gasteiger partial charge is 0.494 e. The third-order valence-corrected chi connectivity index (χ3v) is 3.87. The highest BCUT2D eigenvalue weighted by molar-refractivity contribution is 5.97. The fourth-order valence-electron chi connectivity index (χ4n) is 2.74. The smallest absolute Gasteiger partial charge is 0.246 e. The average Bonchev–Trinajstić information content (AvgIpc) is 2.52. The standard InChI is InChI=1S/C20H26N2O2/c1-6-24-18-9-7-17(8-10-18)21-16(5)20(23)22-19-14(3)11-13(2)12-15(19)4/h7-12,16,21H,6H2,1-5H3,(H,22,23)/t16-/m1/s1. The van der Waals surface area contributed by atoms with E-state index in [2.05, 4.69) is 29.7 Å². The van der Waals surface area contributed by atoms with Gasteiger partial charge in [-0.25, -0.2) is 0 Å². The molecule has 0 aromatic heterocycles. The molecule has 0 aliphatic heterocycles. The Morgan fingerprint density at radius 3 is 2.21 bits per heavy atom. The fraction of sp³-hybridized carbons (Fsp3) is 0.350. The van der Waals surface area contributed by atoms with Gasteiger partial charge in [0, 0.05) is 11.4 Å². The minimum absolute atomic E-state index is 0.0565. The van der Waals surface area contributed by atoms with Gasteiger partial charge in [-0.15, -0.1) is 0 Å². The minimum atomic E-state index is -0.344. The SMILES string of the molecule is CCOc1ccc(N[C@H](C)C(=O)Nc2c(C)cc(C)cc2C)cc1. The quantitative estimate of drug-likeness (QED) is 0.824. The van der Waals surface area contributed by atoms with Crippen LogP contribution in [0.3, 0.4) is 0 Å². The van der Waals surface area contributed by atoms with E-state index in [-0.39, 0.29) is 11.9 Å². The molecule has 2 aromatic carbocycles. The van der Waals surface area contributed by atoms with Crippen LogP contribution in [0.1, 0.15) is 30.5 Å². The summed E-state index contributed by atoms with van der Waals surface area (Å²) in [4.78, 5) is 12.5. The van der Waals surface area contributed by atoms with Crippen LogP contribution in [0.2, 0.25) is 0 Å². The van der Waals surface area contributed by atoms with E-state index in [1.54, 1.807) is 0 Å². The van der Waals surface area contributed by atoms with E-state index in [4.69, 9.17) is 4.74 Å². The van der Waals surface area contributed by atoms with Gasteiger partial charge in [0.25, 0.3) is 0 Å². The number of ether oxygens (including phenoxy) is 1. The maximum absolute atomic E-state index is 12.5. The van der Waals surface area contributed by atoms with E-state index in [9.17, 15) is 4.79 Å². The molecule has 1 atom stereocenters. The lowest BCUT2D eigenvalue weighted by Crippen LogP contribution is -2.32. The molecule has 0 radical (unpaired) electrons. The highest BCUT2D eigenvalue weighted by Crippen LogP contribution is 2.22. The van der Waals surface area contributed by atoms with E-state index in [1.165, 1.54) is 5.56 Å². The van der Waals surface area contributed by atoms with Crippen molar-refractivity contribution in [3.8, 4) is 5.75 Å². The lowest BCUT2D eigenvalue weighted by Gasteiger charge is -2.18. The summed E-state index contributed by atoms with van der Waals surface area (Å²) in [6.07, 6.45) is 0. The number of carbonyl (C=O) groups is 1. The number of nitrogens with one attached hydrogen (secondary N) is 2. The van der Waals surface area contributed by atoms with Crippen molar-refractivity contribution in [1.29, 1.82) is 0 Å². The van der Waals surface area contributed by atoms with Gasteiger partial charge in [0.1, 0.15) is 11.8 Å². The molecule has 0 aliphatic rings. The van der Waals surface area contributed by atoms with Gasteiger partial charge < -0.3 is 15.4 Å². The van der Waals surface area contributed by atoms with E-state index in [1.807, 2.05) is 52.0 Å². The number of rotatable bonds is 6. The Morgan fingerprint density at radius 2 is 1.67 bits per heavy atom. The molecule has 0 heterocycles. The first-order valence-electron chi connectivity index (χ1n) is 8.28. The van der Waals surface area contributed by atoms with Gasteiger partial charge in [-0.2, -0.15) is 0 Å². The molecule has 0 spiro atoms. The van der Waals surface area contributed by atoms with E-state index < -0.39 is 0 Å². The number of aryl methyl sites for hydroxylation is 3. The highest BCUT2D eigenvalue weighted by atomic mass is 16.5. The summed E-state index contributed by atoms with van der Waals surface area (Å²) in [6, 6.07) is 11.4. The topological polar surface area (TPSA) is 50.4 Å². The lowest BCUT2D eigenvalue weighted by molar-refractivity contribution is -0.116. The van der Waals surface area contributed by atoms with Crippen LogP contribution in [0.5, 0.6) is 5.75 Å². The summed E-state index contributed by atoms with van der Waals surface area (Å²) in [5.41, 5.74) is 5.14. The van der Waals surface area contributed by atoms with Crippen molar-refractivity contribution in [2.75, 3.05) is 17.2 Å². The maximum Gasteiger partial charge on any atom is 0.246 e. The van der Waals surface area contributed by atoms with Gasteiger partial charge >= 0.3 is 0 Å². The Balaban J connectivity index is 2.02. The van der Waals surface area contributed by atoms with Crippen molar-refractivity contribution in [3.05, 3.63) is 53.1 Å². The molecule has 24 heavy (non-hydrogen) atoms. The van der Waals surface area contributed by atoms with Crippen LogP contribution in [0.15, 0.2) is 36.4 Å². The second-order valence-electron chi connectivity index (χ2n) is 6.09. The van der Waals surface area contributed by atoms with Crippen molar-refractivity contribution in [1.82, 2.24) is 0 Å². The Kier molecular flexibility index (Phi) is 5.85. The van der Waals surface area contributed by atoms with Crippen LogP contribution in [-0.4, -0.2) is 18.6 Å². The number of hydrogen-bond donors (Lipinski definition) is 2. The zero-order valence-electron chi connectivity index (χ0n) is 15.1. The lowest BCUT2D eigenvalue weighted by atomic mass is 10.0. The van der Waals surface area contributed by atoms with E-state index in [0.717, 1.165) is 28.3 Å². The van der Waals surface area contributed by atoms with Gasteiger partial charge in [0.2, 0.25) is 5.91 Å². The summed E-state index contributed by atoms with van der Waals surface area (Å²) in [7, 11) is 0. The van der Waals surface area contributed by atoms with Gasteiger partial charge in [-0.1, -0.05) is 17.7 Å². The monoisotopic (exact) mass is 326 g/mol.